The van der Waals surface area contributed by atoms with E-state index in [9.17, 15) is 0 Å². The van der Waals surface area contributed by atoms with Crippen molar-refractivity contribution < 1.29 is 0 Å². The number of hydrogen-bond donors (Lipinski definition) is 1. The zero-order valence-corrected chi connectivity index (χ0v) is 9.17. The first-order valence-electron chi connectivity index (χ1n) is 5.28. The molecule has 0 unspecified atom stereocenters. The lowest BCUT2D eigenvalue weighted by Gasteiger charge is -2.01. The van der Waals surface area contributed by atoms with Gasteiger partial charge in [0.25, 0.3) is 0 Å². The second-order valence-corrected chi connectivity index (χ2v) is 4.59. The highest BCUT2D eigenvalue weighted by molar-refractivity contribution is 6.31. The molecule has 2 N–H and O–H groups in total. The summed E-state index contributed by atoms with van der Waals surface area (Å²) in [5.74, 6) is 0. The van der Waals surface area contributed by atoms with Crippen molar-refractivity contribution in [3.8, 4) is 0 Å². The van der Waals surface area contributed by atoms with Crippen molar-refractivity contribution in [2.45, 2.75) is 25.4 Å². The van der Waals surface area contributed by atoms with Crippen LogP contribution in [0.3, 0.4) is 0 Å². The molecule has 0 bridgehead atoms. The Morgan fingerprint density at radius 2 is 2.20 bits per heavy atom. The zero-order chi connectivity index (χ0) is 10.4. The summed E-state index contributed by atoms with van der Waals surface area (Å²) in [5, 5.41) is 2.04. The van der Waals surface area contributed by atoms with Crippen LogP contribution in [0, 0.1) is 0 Å². The first-order valence-corrected chi connectivity index (χ1v) is 5.66. The Kier molecular flexibility index (Phi) is 2.01. The highest BCUT2D eigenvalue weighted by Crippen LogP contribution is 2.39. The first kappa shape index (κ1) is 9.25. The average molecular weight is 221 g/mol. The van der Waals surface area contributed by atoms with Gasteiger partial charge in [0.05, 0.1) is 5.52 Å². The lowest BCUT2D eigenvalue weighted by molar-refractivity contribution is 0.771. The van der Waals surface area contributed by atoms with Gasteiger partial charge in [-0.05, 0) is 30.5 Å². The summed E-state index contributed by atoms with van der Waals surface area (Å²) < 4.78 is 2.32. The fourth-order valence-corrected chi connectivity index (χ4v) is 2.28. The number of aromatic nitrogens is 1. The van der Waals surface area contributed by atoms with E-state index in [1.165, 1.54) is 29.3 Å². The molecule has 1 aliphatic rings. The molecule has 0 amide bonds. The second-order valence-electron chi connectivity index (χ2n) is 4.16. The van der Waals surface area contributed by atoms with Crippen LogP contribution in [0.4, 0.5) is 0 Å². The average Bonchev–Trinajstić information content (AvgIpc) is 3.00. The van der Waals surface area contributed by atoms with E-state index >= 15 is 0 Å². The molecule has 1 aromatic heterocycles. The van der Waals surface area contributed by atoms with Crippen LogP contribution in [-0.4, -0.2) is 4.57 Å². The second kappa shape index (κ2) is 3.26. The molecule has 78 valence electrons. The minimum atomic E-state index is 0.595. The van der Waals surface area contributed by atoms with Crippen LogP contribution >= 0.6 is 11.6 Å². The number of fused-ring (bicyclic) bond motifs is 1. The molecule has 1 saturated carbocycles. The molecule has 3 heteroatoms. The normalized spacial score (nSPS) is 16.1. The van der Waals surface area contributed by atoms with Crippen molar-refractivity contribution >= 4 is 22.5 Å². The zero-order valence-electron chi connectivity index (χ0n) is 8.41. The van der Waals surface area contributed by atoms with Gasteiger partial charge in [0.1, 0.15) is 0 Å². The van der Waals surface area contributed by atoms with Crippen LogP contribution in [-0.2, 0) is 6.54 Å². The van der Waals surface area contributed by atoms with Crippen LogP contribution in [0.25, 0.3) is 10.9 Å². The third-order valence-electron chi connectivity index (χ3n) is 3.04. The van der Waals surface area contributed by atoms with Crippen LogP contribution in [0.1, 0.15) is 24.4 Å². The Hall–Kier alpha value is -0.990. The van der Waals surface area contributed by atoms with E-state index in [1.54, 1.807) is 0 Å². The maximum absolute atomic E-state index is 6.02. The van der Waals surface area contributed by atoms with Gasteiger partial charge in [-0.15, -0.1) is 0 Å². The number of hydrogen-bond acceptors (Lipinski definition) is 1. The first-order chi connectivity index (χ1) is 7.29. The molecule has 1 aliphatic carbocycles. The molecule has 1 heterocycles. The van der Waals surface area contributed by atoms with Crippen molar-refractivity contribution in [1.82, 2.24) is 4.57 Å². The van der Waals surface area contributed by atoms with Gasteiger partial charge < -0.3 is 10.3 Å². The van der Waals surface area contributed by atoms with Gasteiger partial charge >= 0.3 is 0 Å². The van der Waals surface area contributed by atoms with Crippen molar-refractivity contribution in [2.24, 2.45) is 5.73 Å². The van der Waals surface area contributed by atoms with E-state index < -0.39 is 0 Å². The minimum absolute atomic E-state index is 0.595. The molecular formula is C12H13ClN2. The minimum Gasteiger partial charge on any atom is -0.344 e. The number of rotatable bonds is 2. The van der Waals surface area contributed by atoms with Crippen LogP contribution in [0.5, 0.6) is 0 Å². The van der Waals surface area contributed by atoms with Crippen molar-refractivity contribution in [2.75, 3.05) is 0 Å². The van der Waals surface area contributed by atoms with E-state index in [-0.39, 0.29) is 0 Å². The third-order valence-corrected chi connectivity index (χ3v) is 3.27. The third kappa shape index (κ3) is 1.45. The van der Waals surface area contributed by atoms with Crippen LogP contribution in [0.15, 0.2) is 24.4 Å². The van der Waals surface area contributed by atoms with Gasteiger partial charge in [-0.2, -0.15) is 0 Å². The number of nitrogens with two attached hydrogens (primary N) is 1. The van der Waals surface area contributed by atoms with E-state index in [1.807, 2.05) is 12.1 Å². The predicted octanol–water partition coefficient (Wildman–Crippen LogP) is 3.09. The Balaban J connectivity index is 2.29. The maximum atomic E-state index is 6.02. The monoisotopic (exact) mass is 220 g/mol. The molecule has 15 heavy (non-hydrogen) atoms. The molecule has 0 saturated heterocycles. The van der Waals surface area contributed by atoms with Gasteiger partial charge in [-0.1, -0.05) is 17.7 Å². The van der Waals surface area contributed by atoms with Crippen molar-refractivity contribution in [3.63, 3.8) is 0 Å². The highest BCUT2D eigenvalue weighted by Gasteiger charge is 2.25. The number of benzene rings is 1. The van der Waals surface area contributed by atoms with Gasteiger partial charge in [-0.3, -0.25) is 0 Å². The van der Waals surface area contributed by atoms with Gasteiger partial charge in [0.15, 0.2) is 0 Å². The molecule has 2 aromatic rings. The summed E-state index contributed by atoms with van der Waals surface area (Å²) in [7, 11) is 0. The number of halogens is 1. The molecule has 0 atom stereocenters. The van der Waals surface area contributed by atoms with Crippen molar-refractivity contribution in [1.29, 1.82) is 0 Å². The summed E-state index contributed by atoms with van der Waals surface area (Å²) >= 11 is 6.02. The molecule has 1 fully saturated rings. The standard InChI is InChI=1S/C12H13ClN2/c13-9-1-4-11-8(6-14)7-15(10-2-3-10)12(11)5-9/h1,4-5,7,10H,2-3,6,14H2. The lowest BCUT2D eigenvalue weighted by atomic mass is 10.2. The Morgan fingerprint density at radius 1 is 1.40 bits per heavy atom. The van der Waals surface area contributed by atoms with Crippen LogP contribution in [0.2, 0.25) is 5.02 Å². The summed E-state index contributed by atoms with van der Waals surface area (Å²) in [6, 6.07) is 6.71. The predicted molar refractivity (Wildman–Crippen MR) is 63.1 cm³/mol. The molecule has 0 aliphatic heterocycles. The van der Waals surface area contributed by atoms with Gasteiger partial charge in [0, 0.05) is 29.2 Å². The van der Waals surface area contributed by atoms with E-state index in [2.05, 4.69) is 16.8 Å². The largest absolute Gasteiger partial charge is 0.344 e. The quantitative estimate of drug-likeness (QED) is 0.829. The molecule has 1 aromatic carbocycles. The number of nitrogens with zero attached hydrogens (tertiary/aromatic N) is 1. The van der Waals surface area contributed by atoms with Gasteiger partial charge in [-0.25, -0.2) is 0 Å². The van der Waals surface area contributed by atoms with E-state index in [0.29, 0.717) is 12.6 Å². The van der Waals surface area contributed by atoms with E-state index in [0.717, 1.165) is 5.02 Å². The van der Waals surface area contributed by atoms with Gasteiger partial charge in [0.2, 0.25) is 0 Å². The van der Waals surface area contributed by atoms with Crippen molar-refractivity contribution in [3.05, 3.63) is 35.0 Å². The fraction of sp³-hybridized carbons (Fsp3) is 0.333. The molecular weight excluding hydrogens is 208 g/mol. The lowest BCUT2D eigenvalue weighted by Crippen LogP contribution is -1.94. The Bertz CT molecular complexity index is 512. The summed E-state index contributed by atoms with van der Waals surface area (Å²) in [6.07, 6.45) is 4.74. The topological polar surface area (TPSA) is 30.9 Å². The molecule has 0 radical (unpaired) electrons. The summed E-state index contributed by atoms with van der Waals surface area (Å²) in [5.41, 5.74) is 8.19. The fourth-order valence-electron chi connectivity index (χ4n) is 2.11. The summed E-state index contributed by atoms with van der Waals surface area (Å²) in [6.45, 7) is 0.595. The molecule has 0 spiro atoms. The van der Waals surface area contributed by atoms with Crippen LogP contribution < -0.4 is 5.73 Å². The maximum Gasteiger partial charge on any atom is 0.0501 e. The van der Waals surface area contributed by atoms with E-state index in [4.69, 9.17) is 17.3 Å². The Morgan fingerprint density at radius 3 is 2.87 bits per heavy atom. The molecule has 2 nitrogen and oxygen atoms in total. The summed E-state index contributed by atoms with van der Waals surface area (Å²) in [4.78, 5) is 0. The SMILES string of the molecule is NCc1cn(C2CC2)c2cc(Cl)ccc12. The highest BCUT2D eigenvalue weighted by atomic mass is 35.5. The smallest absolute Gasteiger partial charge is 0.0501 e. The molecule has 3 rings (SSSR count). The Labute approximate surface area is 93.6 Å².